The van der Waals surface area contributed by atoms with Crippen molar-refractivity contribution in [3.63, 3.8) is 0 Å². The van der Waals surface area contributed by atoms with Gasteiger partial charge in [-0.15, -0.1) is 0 Å². The number of aliphatic hydroxyl groups is 5. The fraction of sp³-hybridized carbons (Fsp3) is 0.462. The quantitative estimate of drug-likeness (QED) is 0.290. The summed E-state index contributed by atoms with van der Waals surface area (Å²) < 4.78 is 11.1. The number of Topliss-reactive ketones (excluding diaryl/α,β-unsaturated/α-hetero) is 4. The van der Waals surface area contributed by atoms with Gasteiger partial charge in [-0.1, -0.05) is 0 Å². The highest BCUT2D eigenvalue weighted by atomic mass is 16.5. The van der Waals surface area contributed by atoms with Crippen LogP contribution in [0.5, 0.6) is 11.5 Å². The lowest BCUT2D eigenvalue weighted by atomic mass is 9.48. The molecule has 1 spiro atoms. The van der Waals surface area contributed by atoms with E-state index in [1.54, 1.807) is 0 Å². The maximum Gasteiger partial charge on any atom is 0.217 e. The zero-order valence-corrected chi connectivity index (χ0v) is 20.9. The highest BCUT2D eigenvalue weighted by Gasteiger charge is 2.81. The lowest BCUT2D eigenvalue weighted by Gasteiger charge is -2.56. The first-order chi connectivity index (χ1) is 17.5. The summed E-state index contributed by atoms with van der Waals surface area (Å²) in [6.07, 6.45) is -4.84. The zero-order chi connectivity index (χ0) is 28.3. The Morgan fingerprint density at radius 3 is 2.29 bits per heavy atom. The number of aliphatic hydroxyl groups excluding tert-OH is 2. The number of allylic oxidation sites excluding steroid dienone is 1. The highest BCUT2D eigenvalue weighted by Crippen LogP contribution is 2.65. The van der Waals surface area contributed by atoms with Crippen LogP contribution in [0.3, 0.4) is 0 Å². The van der Waals surface area contributed by atoms with Gasteiger partial charge in [0.1, 0.15) is 40.3 Å². The monoisotopic (exact) mass is 530 g/mol. The van der Waals surface area contributed by atoms with Gasteiger partial charge in [0.2, 0.25) is 11.4 Å². The van der Waals surface area contributed by atoms with Crippen LogP contribution in [0.15, 0.2) is 29.0 Å². The fourth-order valence-corrected chi connectivity index (χ4v) is 6.37. The Balaban J connectivity index is 1.93. The van der Waals surface area contributed by atoms with E-state index in [2.05, 4.69) is 0 Å². The van der Waals surface area contributed by atoms with E-state index in [-0.39, 0.29) is 11.3 Å². The van der Waals surface area contributed by atoms with Crippen LogP contribution >= 0.6 is 0 Å². The number of benzene rings is 1. The normalized spacial score (nSPS) is 34.6. The van der Waals surface area contributed by atoms with Crippen LogP contribution in [0, 0.1) is 5.41 Å². The molecule has 2 fully saturated rings. The van der Waals surface area contributed by atoms with Crippen molar-refractivity contribution < 1.29 is 59.3 Å². The molecule has 202 valence electrons. The first-order valence-electron chi connectivity index (χ1n) is 11.7. The molecular formula is C26H26O12. The summed E-state index contributed by atoms with van der Waals surface area (Å²) in [7, 11) is 1.27. The van der Waals surface area contributed by atoms with Gasteiger partial charge in [0.05, 0.1) is 35.4 Å². The van der Waals surface area contributed by atoms with Gasteiger partial charge in [-0.3, -0.25) is 19.2 Å². The molecule has 0 amide bonds. The maximum atomic E-state index is 14.3. The molecule has 3 aliphatic carbocycles. The third-order valence-corrected chi connectivity index (χ3v) is 8.20. The first-order valence-corrected chi connectivity index (χ1v) is 11.7. The van der Waals surface area contributed by atoms with E-state index in [0.717, 1.165) is 13.0 Å². The first kappa shape index (κ1) is 26.0. The summed E-state index contributed by atoms with van der Waals surface area (Å²) in [6.45, 7) is 3.58. The number of phenols is 1. The number of rotatable bonds is 3. The zero-order valence-electron chi connectivity index (χ0n) is 20.9. The van der Waals surface area contributed by atoms with E-state index in [4.69, 9.17) is 9.47 Å². The van der Waals surface area contributed by atoms with Crippen molar-refractivity contribution in [2.45, 2.75) is 62.6 Å². The number of hydrogen-bond donors (Lipinski definition) is 6. The molecule has 6 N–H and O–H groups in total. The number of fused-ring (bicyclic) bond motifs is 3. The Kier molecular flexibility index (Phi) is 5.14. The minimum absolute atomic E-state index is 0.0219. The standard InChI is InChI=1S/C26H26O12/c1-9(27)15-13(29)7-25(35)22-24(8-14(38-22)23(2,3)34)17(21(33)26(25,36)20(15)32)18(30)16-11(19(24)31)5-10(37-4)6-12(16)28/h5-6,14,22,28,30,32,34-36H,7-8H2,1-4H3/t14?,22-,24-,25+,26-/m1/s1. The van der Waals surface area contributed by atoms with Gasteiger partial charge in [-0.25, -0.2) is 0 Å². The molecule has 4 aliphatic rings. The van der Waals surface area contributed by atoms with Crippen LogP contribution in [-0.4, -0.2) is 89.9 Å². The topological polar surface area (TPSA) is 208 Å². The molecule has 1 aliphatic heterocycles. The molecule has 0 bridgehead atoms. The van der Waals surface area contributed by atoms with Crippen molar-refractivity contribution in [2.75, 3.05) is 7.11 Å². The van der Waals surface area contributed by atoms with E-state index < -0.39 is 104 Å². The third kappa shape index (κ3) is 2.77. The van der Waals surface area contributed by atoms with Gasteiger partial charge in [-0.05, 0) is 33.3 Å². The van der Waals surface area contributed by atoms with Crippen LogP contribution in [0.25, 0.3) is 5.76 Å². The number of ether oxygens (including phenoxy) is 2. The molecule has 0 aromatic heterocycles. The van der Waals surface area contributed by atoms with E-state index in [9.17, 15) is 49.8 Å². The van der Waals surface area contributed by atoms with Crippen molar-refractivity contribution in [3.05, 3.63) is 40.2 Å². The van der Waals surface area contributed by atoms with Crippen molar-refractivity contribution >= 4 is 28.9 Å². The summed E-state index contributed by atoms with van der Waals surface area (Å²) in [6, 6.07) is 2.27. The summed E-state index contributed by atoms with van der Waals surface area (Å²) in [4.78, 5) is 53.4. The minimum Gasteiger partial charge on any atom is -0.508 e. The van der Waals surface area contributed by atoms with E-state index >= 15 is 0 Å². The van der Waals surface area contributed by atoms with Gasteiger partial charge in [-0.2, -0.15) is 0 Å². The Bertz CT molecular complexity index is 1430. The van der Waals surface area contributed by atoms with Gasteiger partial charge < -0.3 is 40.1 Å². The molecule has 1 heterocycles. The van der Waals surface area contributed by atoms with Crippen LogP contribution in [0.4, 0.5) is 0 Å². The van der Waals surface area contributed by atoms with Gasteiger partial charge in [0.25, 0.3) is 0 Å². The molecule has 38 heavy (non-hydrogen) atoms. The largest absolute Gasteiger partial charge is 0.508 e. The van der Waals surface area contributed by atoms with Crippen molar-refractivity contribution in [1.82, 2.24) is 0 Å². The number of hydrogen-bond acceptors (Lipinski definition) is 12. The number of aromatic hydroxyl groups is 1. The predicted octanol–water partition coefficient (Wildman–Crippen LogP) is 0.200. The highest BCUT2D eigenvalue weighted by molar-refractivity contribution is 6.27. The van der Waals surface area contributed by atoms with Gasteiger partial charge >= 0.3 is 0 Å². The summed E-state index contributed by atoms with van der Waals surface area (Å²) in [5, 5.41) is 67.4. The average Bonchev–Trinajstić information content (AvgIpc) is 3.22. The second-order valence-corrected chi connectivity index (χ2v) is 10.8. The minimum atomic E-state index is -3.40. The molecule has 1 saturated carbocycles. The Hall–Kier alpha value is -3.58. The van der Waals surface area contributed by atoms with E-state index in [0.29, 0.717) is 0 Å². The summed E-state index contributed by atoms with van der Waals surface area (Å²) in [5.41, 5.74) is -12.9. The van der Waals surface area contributed by atoms with Crippen molar-refractivity contribution in [3.8, 4) is 11.5 Å². The van der Waals surface area contributed by atoms with E-state index in [1.807, 2.05) is 0 Å². The number of phenolic OH excluding ortho intramolecular Hbond substituents is 1. The van der Waals surface area contributed by atoms with Crippen LogP contribution in [-0.2, 0) is 19.1 Å². The molecule has 1 aromatic carbocycles. The molecule has 1 saturated heterocycles. The predicted molar refractivity (Wildman–Crippen MR) is 125 cm³/mol. The number of methoxy groups -OCH3 is 1. The van der Waals surface area contributed by atoms with Crippen LogP contribution < -0.4 is 4.74 Å². The maximum absolute atomic E-state index is 14.3. The molecule has 5 atom stereocenters. The van der Waals surface area contributed by atoms with Crippen molar-refractivity contribution in [2.24, 2.45) is 5.41 Å². The molecule has 0 radical (unpaired) electrons. The van der Waals surface area contributed by atoms with Gasteiger partial charge in [0.15, 0.2) is 17.3 Å². The molecule has 12 heteroatoms. The number of ketones is 4. The molecule has 1 unspecified atom stereocenters. The second kappa shape index (κ2) is 7.50. The van der Waals surface area contributed by atoms with Gasteiger partial charge in [0, 0.05) is 18.1 Å². The second-order valence-electron chi connectivity index (χ2n) is 10.8. The molecule has 5 rings (SSSR count). The Labute approximate surface area is 215 Å². The van der Waals surface area contributed by atoms with Crippen molar-refractivity contribution in [1.29, 1.82) is 0 Å². The fourth-order valence-electron chi connectivity index (χ4n) is 6.37. The summed E-state index contributed by atoms with van der Waals surface area (Å²) >= 11 is 0. The number of carbonyl (C=O) groups excluding carboxylic acids is 4. The summed E-state index contributed by atoms with van der Waals surface area (Å²) in [5.74, 6) is -7.62. The van der Waals surface area contributed by atoms with Crippen LogP contribution in [0.2, 0.25) is 0 Å². The van der Waals surface area contributed by atoms with E-state index in [1.165, 1.54) is 27.0 Å². The average molecular weight is 530 g/mol. The van der Waals surface area contributed by atoms with Crippen LogP contribution in [0.1, 0.15) is 49.5 Å². The molecule has 12 nitrogen and oxygen atoms in total. The number of carbonyl (C=O) groups is 4. The smallest absolute Gasteiger partial charge is 0.217 e. The Morgan fingerprint density at radius 2 is 1.74 bits per heavy atom. The third-order valence-electron chi connectivity index (χ3n) is 8.20. The lowest BCUT2D eigenvalue weighted by molar-refractivity contribution is -0.234. The molecule has 1 aromatic rings. The molecular weight excluding hydrogens is 504 g/mol. The Morgan fingerprint density at radius 1 is 1.11 bits per heavy atom. The SMILES string of the molecule is COc1cc(O)c2c(c1)C(=O)[C@]13CC(C(C)(C)O)O[C@H]1[C@@]1(O)CC(=O)C(C(C)=O)=C(O)[C@@]1(O)C(=O)C3=C2O. The lowest BCUT2D eigenvalue weighted by Crippen LogP contribution is -2.77.